The monoisotopic (exact) mass is 351 g/mol. The van der Waals surface area contributed by atoms with Gasteiger partial charge < -0.3 is 9.47 Å². The normalized spacial score (nSPS) is 16.0. The van der Waals surface area contributed by atoms with Crippen LogP contribution in [0.5, 0.6) is 0 Å². The van der Waals surface area contributed by atoms with Crippen molar-refractivity contribution >= 4 is 34.3 Å². The van der Waals surface area contributed by atoms with Gasteiger partial charge in [0.2, 0.25) is 0 Å². The molecule has 0 amide bonds. The molecule has 2 aromatic heterocycles. The van der Waals surface area contributed by atoms with Crippen LogP contribution < -0.4 is 0 Å². The third kappa shape index (κ3) is 3.10. The van der Waals surface area contributed by atoms with Crippen molar-refractivity contribution in [3.63, 3.8) is 0 Å². The van der Waals surface area contributed by atoms with E-state index in [1.165, 1.54) is 27.7 Å². The SMILES string of the molecule is C/C(=C/n1c2c(c3cc(Cl)ccc31)CCN(C)CC2)c1cccnc1. The number of nitrogens with zero attached hydrogens (tertiary/aromatic N) is 3. The molecule has 0 saturated heterocycles. The van der Waals surface area contributed by atoms with Gasteiger partial charge in [-0.25, -0.2) is 0 Å². The van der Waals surface area contributed by atoms with Crippen LogP contribution in [0.4, 0.5) is 0 Å². The number of hydrogen-bond acceptors (Lipinski definition) is 2. The van der Waals surface area contributed by atoms with Crippen molar-refractivity contribution in [1.29, 1.82) is 0 Å². The first kappa shape index (κ1) is 16.4. The van der Waals surface area contributed by atoms with Gasteiger partial charge in [-0.15, -0.1) is 0 Å². The fourth-order valence-electron chi connectivity index (χ4n) is 3.68. The lowest BCUT2D eigenvalue weighted by Crippen LogP contribution is -2.21. The first-order valence-corrected chi connectivity index (χ1v) is 9.10. The molecule has 1 aliphatic heterocycles. The summed E-state index contributed by atoms with van der Waals surface area (Å²) >= 11 is 6.30. The topological polar surface area (TPSA) is 21.1 Å². The van der Waals surface area contributed by atoms with Gasteiger partial charge in [-0.3, -0.25) is 4.98 Å². The summed E-state index contributed by atoms with van der Waals surface area (Å²) in [6.07, 6.45) is 8.09. The van der Waals surface area contributed by atoms with Gasteiger partial charge in [-0.05, 0) is 61.4 Å². The van der Waals surface area contributed by atoms with E-state index in [9.17, 15) is 0 Å². The van der Waals surface area contributed by atoms with Crippen LogP contribution in [-0.2, 0) is 12.8 Å². The fourth-order valence-corrected chi connectivity index (χ4v) is 3.85. The number of allylic oxidation sites excluding steroid dienone is 1. The van der Waals surface area contributed by atoms with E-state index in [-0.39, 0.29) is 0 Å². The predicted octanol–water partition coefficient (Wildman–Crippen LogP) is 4.74. The van der Waals surface area contributed by atoms with Gasteiger partial charge in [-0.2, -0.15) is 0 Å². The van der Waals surface area contributed by atoms with E-state index in [4.69, 9.17) is 11.6 Å². The standard InChI is InChI=1S/C21H22ClN3/c1-15(16-4-3-9-23-13-16)14-25-20-6-5-17(22)12-19(20)18-7-10-24(2)11-8-21(18)25/h3-6,9,12-14H,7-8,10-11H2,1-2H3/b15-14-. The Morgan fingerprint density at radius 2 is 2.04 bits per heavy atom. The maximum atomic E-state index is 6.30. The minimum Gasteiger partial charge on any atom is -0.320 e. The van der Waals surface area contributed by atoms with Crippen LogP contribution in [0.3, 0.4) is 0 Å². The van der Waals surface area contributed by atoms with Crippen LogP contribution in [-0.4, -0.2) is 34.6 Å². The summed E-state index contributed by atoms with van der Waals surface area (Å²) in [7, 11) is 2.20. The Morgan fingerprint density at radius 1 is 1.20 bits per heavy atom. The Labute approximate surface area is 153 Å². The molecule has 3 heterocycles. The van der Waals surface area contributed by atoms with Gasteiger partial charge in [0, 0.05) is 54.2 Å². The number of halogens is 1. The van der Waals surface area contributed by atoms with Gasteiger partial charge in [-0.1, -0.05) is 17.7 Å². The molecule has 0 N–H and O–H groups in total. The second-order valence-corrected chi connectivity index (χ2v) is 7.25. The first-order valence-electron chi connectivity index (χ1n) is 8.72. The summed E-state index contributed by atoms with van der Waals surface area (Å²) in [6, 6.07) is 10.3. The maximum Gasteiger partial charge on any atom is 0.0529 e. The summed E-state index contributed by atoms with van der Waals surface area (Å²) in [4.78, 5) is 6.65. The number of benzene rings is 1. The molecule has 0 aliphatic carbocycles. The van der Waals surface area contributed by atoms with E-state index in [2.05, 4.69) is 52.8 Å². The molecule has 3 aromatic rings. The highest BCUT2D eigenvalue weighted by atomic mass is 35.5. The van der Waals surface area contributed by atoms with Crippen LogP contribution in [0.2, 0.25) is 5.02 Å². The van der Waals surface area contributed by atoms with E-state index >= 15 is 0 Å². The van der Waals surface area contributed by atoms with Gasteiger partial charge in [0.05, 0.1) is 5.52 Å². The number of fused-ring (bicyclic) bond motifs is 3. The van der Waals surface area contributed by atoms with Crippen molar-refractivity contribution in [2.75, 3.05) is 20.1 Å². The van der Waals surface area contributed by atoms with Crippen LogP contribution in [0.15, 0.2) is 42.7 Å². The second-order valence-electron chi connectivity index (χ2n) is 6.81. The Hall–Kier alpha value is -2.10. The Morgan fingerprint density at radius 3 is 2.84 bits per heavy atom. The summed E-state index contributed by atoms with van der Waals surface area (Å²) < 4.78 is 2.36. The lowest BCUT2D eigenvalue weighted by Gasteiger charge is -2.13. The van der Waals surface area contributed by atoms with Crippen LogP contribution >= 0.6 is 11.6 Å². The van der Waals surface area contributed by atoms with E-state index in [0.29, 0.717) is 0 Å². The number of likely N-dealkylation sites (N-methyl/N-ethyl adjacent to an activating group) is 1. The third-order valence-electron chi connectivity index (χ3n) is 5.10. The molecule has 0 unspecified atom stereocenters. The molecule has 128 valence electrons. The third-order valence-corrected chi connectivity index (χ3v) is 5.33. The summed E-state index contributed by atoms with van der Waals surface area (Å²) in [5.41, 5.74) is 6.45. The zero-order valence-corrected chi connectivity index (χ0v) is 15.4. The minimum absolute atomic E-state index is 0.804. The molecule has 0 spiro atoms. The van der Waals surface area contributed by atoms with E-state index in [0.717, 1.165) is 36.5 Å². The van der Waals surface area contributed by atoms with Crippen molar-refractivity contribution in [2.45, 2.75) is 19.8 Å². The van der Waals surface area contributed by atoms with Gasteiger partial charge in [0.1, 0.15) is 0 Å². The van der Waals surface area contributed by atoms with Gasteiger partial charge >= 0.3 is 0 Å². The first-order chi connectivity index (χ1) is 12.1. The van der Waals surface area contributed by atoms with Gasteiger partial charge in [0.15, 0.2) is 0 Å². The number of hydrogen-bond donors (Lipinski definition) is 0. The number of pyridine rings is 1. The van der Waals surface area contributed by atoms with Crippen LogP contribution in [0.25, 0.3) is 22.7 Å². The van der Waals surface area contributed by atoms with Crippen molar-refractivity contribution in [2.24, 2.45) is 0 Å². The zero-order valence-electron chi connectivity index (χ0n) is 14.7. The highest BCUT2D eigenvalue weighted by Crippen LogP contribution is 2.32. The molecule has 4 heteroatoms. The average Bonchev–Trinajstić information content (AvgIpc) is 2.76. The zero-order chi connectivity index (χ0) is 17.4. The lowest BCUT2D eigenvalue weighted by atomic mass is 10.1. The molecule has 0 fully saturated rings. The van der Waals surface area contributed by atoms with Crippen LogP contribution in [0.1, 0.15) is 23.7 Å². The average molecular weight is 352 g/mol. The maximum absolute atomic E-state index is 6.30. The molecular weight excluding hydrogens is 330 g/mol. The molecule has 25 heavy (non-hydrogen) atoms. The molecule has 1 aromatic carbocycles. The van der Waals surface area contributed by atoms with Gasteiger partial charge in [0.25, 0.3) is 0 Å². The summed E-state index contributed by atoms with van der Waals surface area (Å²) in [5, 5.41) is 2.09. The fraction of sp³-hybridized carbons (Fsp3) is 0.286. The highest BCUT2D eigenvalue weighted by molar-refractivity contribution is 6.31. The molecule has 4 rings (SSSR count). The minimum atomic E-state index is 0.804. The smallest absolute Gasteiger partial charge is 0.0529 e. The molecule has 0 bridgehead atoms. The van der Waals surface area contributed by atoms with Crippen molar-refractivity contribution in [3.05, 3.63) is 64.6 Å². The molecular formula is C21H22ClN3. The largest absolute Gasteiger partial charge is 0.320 e. The summed E-state index contributed by atoms with van der Waals surface area (Å²) in [5.74, 6) is 0. The molecule has 0 atom stereocenters. The Kier molecular flexibility index (Phi) is 4.36. The van der Waals surface area contributed by atoms with Crippen molar-refractivity contribution in [3.8, 4) is 0 Å². The van der Waals surface area contributed by atoms with Crippen molar-refractivity contribution in [1.82, 2.24) is 14.5 Å². The Bertz CT molecular complexity index is 941. The molecule has 0 radical (unpaired) electrons. The van der Waals surface area contributed by atoms with E-state index in [1.807, 2.05) is 24.5 Å². The van der Waals surface area contributed by atoms with Crippen LogP contribution in [0, 0.1) is 0 Å². The summed E-state index contributed by atoms with van der Waals surface area (Å²) in [6.45, 7) is 4.31. The number of rotatable bonds is 2. The second kappa shape index (κ2) is 6.66. The number of aromatic nitrogens is 2. The molecule has 0 saturated carbocycles. The van der Waals surface area contributed by atoms with E-state index in [1.54, 1.807) is 0 Å². The van der Waals surface area contributed by atoms with E-state index < -0.39 is 0 Å². The quantitative estimate of drug-likeness (QED) is 0.665. The highest BCUT2D eigenvalue weighted by Gasteiger charge is 2.20. The lowest BCUT2D eigenvalue weighted by molar-refractivity contribution is 0.351. The predicted molar refractivity (Wildman–Crippen MR) is 106 cm³/mol. The molecule has 3 nitrogen and oxygen atoms in total. The molecule has 1 aliphatic rings. The van der Waals surface area contributed by atoms with Crippen molar-refractivity contribution < 1.29 is 0 Å². The Balaban J connectivity index is 1.91.